The highest BCUT2D eigenvalue weighted by Crippen LogP contribution is 2.35. The number of hydrogen-bond acceptors (Lipinski definition) is 4. The number of fused-ring (bicyclic) bond motifs is 1. The van der Waals surface area contributed by atoms with Gasteiger partial charge in [0.15, 0.2) is 0 Å². The fourth-order valence-electron chi connectivity index (χ4n) is 3.71. The van der Waals surface area contributed by atoms with Crippen LogP contribution >= 0.6 is 11.3 Å². The van der Waals surface area contributed by atoms with Crippen LogP contribution in [0.2, 0.25) is 0 Å². The summed E-state index contributed by atoms with van der Waals surface area (Å²) >= 11 is 1.77. The lowest BCUT2D eigenvalue weighted by molar-refractivity contribution is -0.105. The Labute approximate surface area is 119 Å². The second-order valence-electron chi connectivity index (χ2n) is 5.86. The zero-order valence-electron chi connectivity index (χ0n) is 11.6. The summed E-state index contributed by atoms with van der Waals surface area (Å²) in [7, 11) is 0. The van der Waals surface area contributed by atoms with Crippen LogP contribution in [-0.2, 0) is 4.74 Å². The maximum atomic E-state index is 6.30. The zero-order valence-corrected chi connectivity index (χ0v) is 12.4. The predicted molar refractivity (Wildman–Crippen MR) is 79.4 cm³/mol. The molecule has 0 amide bonds. The van der Waals surface area contributed by atoms with Crippen molar-refractivity contribution in [2.75, 3.05) is 13.2 Å². The summed E-state index contributed by atoms with van der Waals surface area (Å²) < 4.78 is 5.98. The second-order valence-corrected chi connectivity index (χ2v) is 6.64. The molecule has 4 unspecified atom stereocenters. The minimum atomic E-state index is 0.162. The van der Waals surface area contributed by atoms with E-state index in [4.69, 9.17) is 10.5 Å². The first-order chi connectivity index (χ1) is 9.27. The lowest BCUT2D eigenvalue weighted by Gasteiger charge is -2.48. The van der Waals surface area contributed by atoms with Crippen molar-refractivity contribution >= 4 is 11.3 Å². The van der Waals surface area contributed by atoms with E-state index in [2.05, 4.69) is 28.7 Å². The van der Waals surface area contributed by atoms with Gasteiger partial charge in [-0.3, -0.25) is 4.90 Å². The third kappa shape index (κ3) is 2.72. The molecule has 1 saturated carbocycles. The van der Waals surface area contributed by atoms with Gasteiger partial charge in [0.05, 0.1) is 18.8 Å². The first-order valence-corrected chi connectivity index (χ1v) is 8.36. The third-order valence-corrected chi connectivity index (χ3v) is 5.22. The monoisotopic (exact) mass is 280 g/mol. The van der Waals surface area contributed by atoms with Crippen molar-refractivity contribution in [1.82, 2.24) is 4.90 Å². The number of hydrogen-bond donors (Lipinski definition) is 1. The van der Waals surface area contributed by atoms with Crippen LogP contribution in [0.1, 0.15) is 44.2 Å². The highest BCUT2D eigenvalue weighted by molar-refractivity contribution is 7.07. The molecule has 2 fully saturated rings. The molecule has 0 aromatic carbocycles. The molecule has 19 heavy (non-hydrogen) atoms. The van der Waals surface area contributed by atoms with Crippen LogP contribution in [0.15, 0.2) is 16.8 Å². The van der Waals surface area contributed by atoms with Crippen molar-refractivity contribution in [2.24, 2.45) is 5.73 Å². The van der Waals surface area contributed by atoms with Crippen molar-refractivity contribution in [1.29, 1.82) is 0 Å². The lowest BCUT2D eigenvalue weighted by Crippen LogP contribution is -2.56. The molecule has 3 rings (SSSR count). The van der Waals surface area contributed by atoms with Gasteiger partial charge in [0.2, 0.25) is 0 Å². The second kappa shape index (κ2) is 5.92. The first kappa shape index (κ1) is 13.6. The Morgan fingerprint density at radius 1 is 1.42 bits per heavy atom. The van der Waals surface area contributed by atoms with Crippen molar-refractivity contribution in [3.05, 3.63) is 22.4 Å². The summed E-state index contributed by atoms with van der Waals surface area (Å²) in [5.74, 6) is 0. The van der Waals surface area contributed by atoms with Gasteiger partial charge in [0, 0.05) is 18.6 Å². The zero-order chi connectivity index (χ0) is 13.2. The van der Waals surface area contributed by atoms with Crippen LogP contribution in [-0.4, -0.2) is 36.2 Å². The van der Waals surface area contributed by atoms with Gasteiger partial charge in [-0.05, 0) is 42.2 Å². The summed E-state index contributed by atoms with van der Waals surface area (Å²) in [6.07, 6.45) is 5.56. The number of nitrogens with two attached hydrogens (primary N) is 1. The molecular formula is C15H24N2OS. The number of nitrogens with zero attached hydrogens (tertiary/aromatic N) is 1. The van der Waals surface area contributed by atoms with Gasteiger partial charge in [-0.1, -0.05) is 12.8 Å². The van der Waals surface area contributed by atoms with Crippen molar-refractivity contribution in [3.63, 3.8) is 0 Å². The average molecular weight is 280 g/mol. The van der Waals surface area contributed by atoms with E-state index in [1.165, 1.54) is 31.2 Å². The van der Waals surface area contributed by atoms with E-state index >= 15 is 0 Å². The molecule has 1 aromatic heterocycles. The van der Waals surface area contributed by atoms with Gasteiger partial charge < -0.3 is 10.5 Å². The maximum absolute atomic E-state index is 6.30. The molecule has 1 aliphatic carbocycles. The Balaban J connectivity index is 1.84. The quantitative estimate of drug-likeness (QED) is 0.925. The summed E-state index contributed by atoms with van der Waals surface area (Å²) in [5, 5.41) is 4.41. The van der Waals surface area contributed by atoms with Crippen molar-refractivity contribution < 1.29 is 4.74 Å². The van der Waals surface area contributed by atoms with Crippen LogP contribution in [0.4, 0.5) is 0 Å². The maximum Gasteiger partial charge on any atom is 0.0731 e. The standard InChI is InChI=1S/C15H24N2OS/c1-11(16)15(12-6-9-19-10-12)17-7-8-18-14-5-3-2-4-13(14)17/h6,9-11,13-15H,2-5,7-8,16H2,1H3. The molecule has 0 radical (unpaired) electrons. The Morgan fingerprint density at radius 3 is 3.00 bits per heavy atom. The topological polar surface area (TPSA) is 38.5 Å². The number of morpholine rings is 1. The summed E-state index contributed by atoms with van der Waals surface area (Å²) in [4.78, 5) is 2.63. The lowest BCUT2D eigenvalue weighted by atomic mass is 9.87. The van der Waals surface area contributed by atoms with Crippen molar-refractivity contribution in [2.45, 2.75) is 56.8 Å². The van der Waals surface area contributed by atoms with E-state index in [1.54, 1.807) is 11.3 Å². The molecule has 1 aliphatic heterocycles. The molecule has 2 heterocycles. The Kier molecular flexibility index (Phi) is 4.22. The molecule has 0 spiro atoms. The smallest absolute Gasteiger partial charge is 0.0731 e. The van der Waals surface area contributed by atoms with Gasteiger partial charge in [0.1, 0.15) is 0 Å². The van der Waals surface area contributed by atoms with Crippen molar-refractivity contribution in [3.8, 4) is 0 Å². The van der Waals surface area contributed by atoms with E-state index in [0.29, 0.717) is 18.2 Å². The molecule has 0 bridgehead atoms. The SMILES string of the molecule is CC(N)C(c1ccsc1)N1CCOC2CCCCC21. The van der Waals surface area contributed by atoms with Gasteiger partial charge in [-0.2, -0.15) is 11.3 Å². The predicted octanol–water partition coefficient (Wildman–Crippen LogP) is 2.78. The summed E-state index contributed by atoms with van der Waals surface area (Å²) in [6.45, 7) is 4.01. The van der Waals surface area contributed by atoms with E-state index in [9.17, 15) is 0 Å². The van der Waals surface area contributed by atoms with Gasteiger partial charge >= 0.3 is 0 Å². The minimum Gasteiger partial charge on any atom is -0.375 e. The van der Waals surface area contributed by atoms with Crippen LogP contribution in [0.5, 0.6) is 0 Å². The average Bonchev–Trinajstić information content (AvgIpc) is 2.93. The molecule has 1 aromatic rings. The molecule has 4 heteroatoms. The van der Waals surface area contributed by atoms with Crippen LogP contribution in [0, 0.1) is 0 Å². The summed E-state index contributed by atoms with van der Waals surface area (Å²) in [5.41, 5.74) is 7.68. The highest BCUT2D eigenvalue weighted by Gasteiger charge is 2.39. The van der Waals surface area contributed by atoms with Crippen LogP contribution in [0.25, 0.3) is 0 Å². The van der Waals surface area contributed by atoms with Crippen LogP contribution in [0.3, 0.4) is 0 Å². The molecule has 3 nitrogen and oxygen atoms in total. The highest BCUT2D eigenvalue weighted by atomic mass is 32.1. The Bertz CT molecular complexity index is 391. The van der Waals surface area contributed by atoms with Gasteiger partial charge in [-0.15, -0.1) is 0 Å². The fourth-order valence-corrected chi connectivity index (χ4v) is 4.40. The Hall–Kier alpha value is -0.420. The molecule has 106 valence electrons. The van der Waals surface area contributed by atoms with E-state index in [0.717, 1.165) is 13.2 Å². The minimum absolute atomic E-state index is 0.162. The third-order valence-electron chi connectivity index (χ3n) is 4.52. The van der Waals surface area contributed by atoms with E-state index in [-0.39, 0.29) is 6.04 Å². The molecule has 4 atom stereocenters. The molecule has 1 saturated heterocycles. The number of ether oxygens (including phenoxy) is 1. The summed E-state index contributed by atoms with van der Waals surface area (Å²) in [6, 6.07) is 3.31. The van der Waals surface area contributed by atoms with E-state index < -0.39 is 0 Å². The number of rotatable bonds is 3. The van der Waals surface area contributed by atoms with E-state index in [1.807, 2.05) is 0 Å². The Morgan fingerprint density at radius 2 is 2.26 bits per heavy atom. The van der Waals surface area contributed by atoms with Gasteiger partial charge in [0.25, 0.3) is 0 Å². The van der Waals surface area contributed by atoms with Crippen LogP contribution < -0.4 is 5.73 Å². The van der Waals surface area contributed by atoms with Gasteiger partial charge in [-0.25, -0.2) is 0 Å². The first-order valence-electron chi connectivity index (χ1n) is 7.42. The largest absolute Gasteiger partial charge is 0.375 e. The normalized spacial score (nSPS) is 31.7. The number of thiophene rings is 1. The molecular weight excluding hydrogens is 256 g/mol. The molecule has 2 N–H and O–H groups in total. The molecule has 2 aliphatic rings. The fraction of sp³-hybridized carbons (Fsp3) is 0.733.